The molecule has 1 fully saturated rings. The Morgan fingerprint density at radius 3 is 2.07 bits per heavy atom. The predicted octanol–water partition coefficient (Wildman–Crippen LogP) is 0.185. The number of hydrogen-bond donors (Lipinski definition) is 3. The van der Waals surface area contributed by atoms with Crippen LogP contribution in [0.15, 0.2) is 0 Å². The van der Waals surface area contributed by atoms with Crippen LogP contribution in [-0.2, 0) is 0 Å². The molecule has 1 heterocycles. The Labute approximate surface area is 85.5 Å². The number of amides is 1. The molecule has 0 aromatic heterocycles. The van der Waals surface area contributed by atoms with Crippen molar-refractivity contribution >= 4 is 6.09 Å². The van der Waals surface area contributed by atoms with Crippen LogP contribution in [0.4, 0.5) is 4.79 Å². The largest absolute Gasteiger partial charge is 0.465 e. The molecule has 0 saturated carbocycles. The van der Waals surface area contributed by atoms with Gasteiger partial charge in [0.1, 0.15) is 0 Å². The van der Waals surface area contributed by atoms with E-state index in [2.05, 4.69) is 24.5 Å². The molecule has 1 aliphatic rings. The van der Waals surface area contributed by atoms with E-state index in [0.717, 1.165) is 26.2 Å². The second kappa shape index (κ2) is 8.77. The lowest BCUT2D eigenvalue weighted by Gasteiger charge is -2.23. The van der Waals surface area contributed by atoms with Gasteiger partial charge in [-0.15, -0.1) is 0 Å². The summed E-state index contributed by atoms with van der Waals surface area (Å²) in [6.07, 6.45) is -0.809. The Kier molecular flexibility index (Phi) is 8.27. The molecule has 0 unspecified atom stereocenters. The number of nitrogens with one attached hydrogen (secondary N) is 2. The Morgan fingerprint density at radius 1 is 1.36 bits per heavy atom. The molecule has 0 aromatic carbocycles. The van der Waals surface area contributed by atoms with E-state index in [1.807, 2.05) is 0 Å². The predicted molar refractivity (Wildman–Crippen MR) is 56.7 cm³/mol. The molecule has 14 heavy (non-hydrogen) atoms. The number of rotatable bonds is 2. The van der Waals surface area contributed by atoms with Gasteiger partial charge in [-0.3, -0.25) is 0 Å². The zero-order valence-electron chi connectivity index (χ0n) is 9.05. The number of carboxylic acid groups (broad SMARTS) is 1. The van der Waals surface area contributed by atoms with E-state index in [-0.39, 0.29) is 0 Å². The van der Waals surface area contributed by atoms with Gasteiger partial charge in [0.15, 0.2) is 0 Å². The molecule has 1 saturated heterocycles. The molecule has 0 radical (unpaired) electrons. The maximum Gasteiger partial charge on any atom is 0.407 e. The lowest BCUT2D eigenvalue weighted by Crippen LogP contribution is -2.45. The highest BCUT2D eigenvalue weighted by Crippen LogP contribution is 1.90. The van der Waals surface area contributed by atoms with Crippen LogP contribution in [0.5, 0.6) is 0 Å². The number of piperazine rings is 1. The summed E-state index contributed by atoms with van der Waals surface area (Å²) < 4.78 is 0. The molecule has 0 atom stereocenters. The van der Waals surface area contributed by atoms with Crippen LogP contribution in [0.2, 0.25) is 0 Å². The maximum atomic E-state index is 10.3. The quantitative estimate of drug-likeness (QED) is 0.599. The van der Waals surface area contributed by atoms with Crippen molar-refractivity contribution in [2.45, 2.75) is 13.8 Å². The van der Waals surface area contributed by atoms with Crippen LogP contribution in [0.1, 0.15) is 13.8 Å². The van der Waals surface area contributed by atoms with Crippen molar-refractivity contribution in [3.8, 4) is 0 Å². The Bertz CT molecular complexity index is 145. The smallest absolute Gasteiger partial charge is 0.407 e. The maximum absolute atomic E-state index is 10.3. The third-order valence-electron chi connectivity index (χ3n) is 1.89. The Morgan fingerprint density at radius 2 is 1.86 bits per heavy atom. The molecule has 1 rings (SSSR count). The fourth-order valence-corrected chi connectivity index (χ4v) is 1.11. The molecule has 0 spiro atoms. The molecule has 5 heteroatoms. The first-order valence-corrected chi connectivity index (χ1v) is 5.11. The second-order valence-electron chi connectivity index (χ2n) is 2.98. The Balaban J connectivity index is 0.000000292. The van der Waals surface area contributed by atoms with Crippen LogP contribution in [-0.4, -0.2) is 55.4 Å². The summed E-state index contributed by atoms with van der Waals surface area (Å²) in [5.41, 5.74) is 0. The van der Waals surface area contributed by atoms with Crippen molar-refractivity contribution in [2.24, 2.45) is 0 Å². The van der Waals surface area contributed by atoms with Gasteiger partial charge in [0.05, 0.1) is 0 Å². The number of carbonyl (C=O) groups is 1. The van der Waals surface area contributed by atoms with Gasteiger partial charge in [0, 0.05) is 26.2 Å². The summed E-state index contributed by atoms with van der Waals surface area (Å²) in [5.74, 6) is 0. The number of nitrogens with zero attached hydrogens (tertiary/aromatic N) is 1. The first kappa shape index (κ1) is 13.2. The monoisotopic (exact) mass is 203 g/mol. The van der Waals surface area contributed by atoms with Crippen LogP contribution in [0, 0.1) is 0 Å². The SMILES string of the molecule is CCNCC.O=C(O)N1CCNCC1. The van der Waals surface area contributed by atoms with Crippen molar-refractivity contribution in [3.05, 3.63) is 0 Å². The fraction of sp³-hybridized carbons (Fsp3) is 0.889. The van der Waals surface area contributed by atoms with Gasteiger partial charge in [-0.2, -0.15) is 0 Å². The van der Waals surface area contributed by atoms with Crippen LogP contribution < -0.4 is 10.6 Å². The lowest BCUT2D eigenvalue weighted by atomic mass is 10.4. The van der Waals surface area contributed by atoms with Gasteiger partial charge in [0.2, 0.25) is 0 Å². The minimum atomic E-state index is -0.809. The molecule has 1 amide bonds. The molecule has 0 aliphatic carbocycles. The van der Waals surface area contributed by atoms with E-state index < -0.39 is 6.09 Å². The zero-order valence-corrected chi connectivity index (χ0v) is 9.05. The molecule has 3 N–H and O–H groups in total. The highest BCUT2D eigenvalue weighted by Gasteiger charge is 2.13. The Hall–Kier alpha value is -0.810. The second-order valence-corrected chi connectivity index (χ2v) is 2.98. The molecule has 1 aliphatic heterocycles. The van der Waals surface area contributed by atoms with Crippen molar-refractivity contribution < 1.29 is 9.90 Å². The third kappa shape index (κ3) is 6.68. The minimum Gasteiger partial charge on any atom is -0.465 e. The van der Waals surface area contributed by atoms with Gasteiger partial charge in [-0.05, 0) is 13.1 Å². The van der Waals surface area contributed by atoms with Crippen LogP contribution >= 0.6 is 0 Å². The molecular formula is C9H21N3O2. The van der Waals surface area contributed by atoms with E-state index in [4.69, 9.17) is 5.11 Å². The van der Waals surface area contributed by atoms with E-state index in [0.29, 0.717) is 13.1 Å². The number of hydrogen-bond acceptors (Lipinski definition) is 3. The average molecular weight is 203 g/mol. The zero-order chi connectivity index (χ0) is 10.8. The fourth-order valence-electron chi connectivity index (χ4n) is 1.11. The summed E-state index contributed by atoms with van der Waals surface area (Å²) in [6, 6.07) is 0. The summed E-state index contributed by atoms with van der Waals surface area (Å²) in [6.45, 7) is 9.20. The van der Waals surface area contributed by atoms with E-state index in [9.17, 15) is 4.79 Å². The molecule has 0 aromatic rings. The van der Waals surface area contributed by atoms with Crippen LogP contribution in [0.3, 0.4) is 0 Å². The van der Waals surface area contributed by atoms with Crippen molar-refractivity contribution in [3.63, 3.8) is 0 Å². The first-order valence-electron chi connectivity index (χ1n) is 5.11. The van der Waals surface area contributed by atoms with E-state index in [1.165, 1.54) is 4.90 Å². The van der Waals surface area contributed by atoms with Crippen LogP contribution in [0.25, 0.3) is 0 Å². The minimum absolute atomic E-state index is 0.620. The summed E-state index contributed by atoms with van der Waals surface area (Å²) in [5, 5.41) is 14.6. The molecule has 5 nitrogen and oxygen atoms in total. The standard InChI is InChI=1S/C5H10N2O2.C4H11N/c8-5(9)7-3-1-6-2-4-7;1-3-5-4-2/h6H,1-4H2,(H,8,9);5H,3-4H2,1-2H3. The highest BCUT2D eigenvalue weighted by atomic mass is 16.4. The van der Waals surface area contributed by atoms with Crippen molar-refractivity contribution in [2.75, 3.05) is 39.3 Å². The van der Waals surface area contributed by atoms with Gasteiger partial charge in [-0.25, -0.2) is 4.79 Å². The first-order chi connectivity index (χ1) is 6.72. The van der Waals surface area contributed by atoms with Gasteiger partial charge in [-0.1, -0.05) is 13.8 Å². The molecular weight excluding hydrogens is 182 g/mol. The van der Waals surface area contributed by atoms with Crippen molar-refractivity contribution in [1.29, 1.82) is 0 Å². The molecule has 0 bridgehead atoms. The van der Waals surface area contributed by atoms with E-state index in [1.54, 1.807) is 0 Å². The van der Waals surface area contributed by atoms with Gasteiger partial charge < -0.3 is 20.6 Å². The normalized spacial score (nSPS) is 15.7. The third-order valence-corrected chi connectivity index (χ3v) is 1.89. The summed E-state index contributed by atoms with van der Waals surface area (Å²) in [4.78, 5) is 11.7. The lowest BCUT2D eigenvalue weighted by molar-refractivity contribution is 0.139. The van der Waals surface area contributed by atoms with Gasteiger partial charge in [0.25, 0.3) is 0 Å². The summed E-state index contributed by atoms with van der Waals surface area (Å²) >= 11 is 0. The van der Waals surface area contributed by atoms with Gasteiger partial charge >= 0.3 is 6.09 Å². The highest BCUT2D eigenvalue weighted by molar-refractivity contribution is 5.65. The van der Waals surface area contributed by atoms with E-state index >= 15 is 0 Å². The molecule has 84 valence electrons. The van der Waals surface area contributed by atoms with Crippen molar-refractivity contribution in [1.82, 2.24) is 15.5 Å². The summed E-state index contributed by atoms with van der Waals surface area (Å²) in [7, 11) is 0. The topological polar surface area (TPSA) is 64.6 Å². The average Bonchev–Trinajstić information content (AvgIpc) is 2.21.